The Hall–Kier alpha value is -4.77. The van der Waals surface area contributed by atoms with Crippen molar-refractivity contribution in [2.75, 3.05) is 69.0 Å². The molecule has 2 fully saturated rings. The van der Waals surface area contributed by atoms with Gasteiger partial charge < -0.3 is 25.3 Å². The molecule has 4 heterocycles. The van der Waals surface area contributed by atoms with E-state index in [1.54, 1.807) is 11.1 Å². The standard InChI is InChI=1S/C34H41N9O2/c1-5-40(2)27-16-12-24(13-17-27)32(44)37-26-8-7-19-43(22-26)34-38-28-9-6-18-35-29(28)31(39-34)36-25-14-10-23(11-15-25)30-33(45)42(4)21-20-41(30)3/h6,9-18,26,30H,5,7-8,19-22H2,1-4H3,(H,37,44)(H,36,38,39)/t26-,30?/m0/s1. The summed E-state index contributed by atoms with van der Waals surface area (Å²) in [6.45, 7) is 5.97. The number of hydrogen-bond acceptors (Lipinski definition) is 9. The third-order valence-electron chi connectivity index (χ3n) is 8.86. The number of fused-ring (bicyclic) bond motifs is 1. The Morgan fingerprint density at radius 1 is 1.00 bits per heavy atom. The summed E-state index contributed by atoms with van der Waals surface area (Å²) in [5.74, 6) is 1.24. The molecule has 2 amide bonds. The molecule has 6 rings (SSSR count). The zero-order valence-corrected chi connectivity index (χ0v) is 26.4. The molecule has 2 aliphatic heterocycles. The van der Waals surface area contributed by atoms with Crippen LogP contribution in [0.3, 0.4) is 0 Å². The highest BCUT2D eigenvalue weighted by Gasteiger charge is 2.32. The Labute approximate surface area is 264 Å². The minimum atomic E-state index is -0.291. The van der Waals surface area contributed by atoms with Crippen LogP contribution in [0.15, 0.2) is 66.9 Å². The number of hydrogen-bond donors (Lipinski definition) is 2. The average molecular weight is 608 g/mol. The van der Waals surface area contributed by atoms with Crippen LogP contribution in [-0.4, -0.2) is 96.5 Å². The molecule has 11 heteroatoms. The quantitative estimate of drug-likeness (QED) is 0.306. The van der Waals surface area contributed by atoms with Gasteiger partial charge in [-0.15, -0.1) is 0 Å². The molecule has 2 saturated heterocycles. The largest absolute Gasteiger partial charge is 0.375 e. The van der Waals surface area contributed by atoms with Crippen molar-refractivity contribution in [3.63, 3.8) is 0 Å². The predicted molar refractivity (Wildman–Crippen MR) is 178 cm³/mol. The minimum Gasteiger partial charge on any atom is -0.375 e. The number of carbonyl (C=O) groups is 2. The maximum Gasteiger partial charge on any atom is 0.251 e. The van der Waals surface area contributed by atoms with E-state index in [2.05, 4.69) is 37.2 Å². The summed E-state index contributed by atoms with van der Waals surface area (Å²) in [5.41, 5.74) is 4.94. The van der Waals surface area contributed by atoms with Crippen molar-refractivity contribution in [1.82, 2.24) is 30.1 Å². The van der Waals surface area contributed by atoms with Gasteiger partial charge in [-0.05, 0) is 80.9 Å². The minimum absolute atomic E-state index is 0.0268. The fourth-order valence-electron chi connectivity index (χ4n) is 6.01. The zero-order valence-electron chi connectivity index (χ0n) is 26.4. The van der Waals surface area contributed by atoms with E-state index < -0.39 is 0 Å². The van der Waals surface area contributed by atoms with Gasteiger partial charge in [-0.2, -0.15) is 4.98 Å². The van der Waals surface area contributed by atoms with Gasteiger partial charge in [-0.3, -0.25) is 19.5 Å². The van der Waals surface area contributed by atoms with Crippen LogP contribution in [0, 0.1) is 0 Å². The summed E-state index contributed by atoms with van der Waals surface area (Å²) < 4.78 is 0. The van der Waals surface area contributed by atoms with Crippen LogP contribution in [0.25, 0.3) is 11.0 Å². The summed E-state index contributed by atoms with van der Waals surface area (Å²) in [4.78, 5) is 48.5. The first kappa shape index (κ1) is 30.3. The van der Waals surface area contributed by atoms with Gasteiger partial charge in [0.05, 0.1) is 5.52 Å². The summed E-state index contributed by atoms with van der Waals surface area (Å²) in [6, 6.07) is 19.1. The van der Waals surface area contributed by atoms with E-state index in [-0.39, 0.29) is 23.9 Å². The normalized spacial score (nSPS) is 19.1. The van der Waals surface area contributed by atoms with E-state index in [9.17, 15) is 9.59 Å². The van der Waals surface area contributed by atoms with Crippen molar-refractivity contribution in [1.29, 1.82) is 0 Å². The lowest BCUT2D eigenvalue weighted by molar-refractivity contribution is -0.139. The molecule has 0 bridgehead atoms. The van der Waals surface area contributed by atoms with Gasteiger partial charge in [-0.1, -0.05) is 12.1 Å². The van der Waals surface area contributed by atoms with E-state index >= 15 is 0 Å². The van der Waals surface area contributed by atoms with Gasteiger partial charge in [0, 0.05) is 76.0 Å². The molecule has 4 aromatic rings. The molecule has 0 saturated carbocycles. The monoisotopic (exact) mass is 607 g/mol. The maximum absolute atomic E-state index is 13.1. The Bertz CT molecular complexity index is 1660. The van der Waals surface area contributed by atoms with Gasteiger partial charge in [0.1, 0.15) is 11.6 Å². The lowest BCUT2D eigenvalue weighted by atomic mass is 10.0. The van der Waals surface area contributed by atoms with E-state index in [0.717, 1.165) is 61.5 Å². The van der Waals surface area contributed by atoms with Gasteiger partial charge in [-0.25, -0.2) is 4.98 Å². The molecule has 2 aliphatic rings. The Morgan fingerprint density at radius 2 is 1.78 bits per heavy atom. The number of piperazine rings is 1. The molecular weight excluding hydrogens is 566 g/mol. The summed E-state index contributed by atoms with van der Waals surface area (Å²) in [6.07, 6.45) is 3.53. The molecule has 0 radical (unpaired) electrons. The molecule has 1 unspecified atom stereocenters. The van der Waals surface area contributed by atoms with E-state index in [4.69, 9.17) is 9.97 Å². The second-order valence-corrected chi connectivity index (χ2v) is 12.0. The molecule has 234 valence electrons. The lowest BCUT2D eigenvalue weighted by Crippen LogP contribution is -2.48. The van der Waals surface area contributed by atoms with Gasteiger partial charge in [0.25, 0.3) is 5.91 Å². The first-order chi connectivity index (χ1) is 21.8. The number of aromatic nitrogens is 3. The van der Waals surface area contributed by atoms with Crippen LogP contribution in [0.2, 0.25) is 0 Å². The molecule has 45 heavy (non-hydrogen) atoms. The molecule has 2 atom stereocenters. The molecule has 2 aromatic heterocycles. The number of amides is 2. The number of rotatable bonds is 8. The van der Waals surface area contributed by atoms with Gasteiger partial charge in [0.15, 0.2) is 5.82 Å². The SMILES string of the molecule is CCN(C)c1ccc(C(=O)N[C@H]2CCCN(c3nc(Nc4ccc(C5C(=O)N(C)CCN5C)cc4)c4ncccc4n3)C2)cc1. The molecule has 2 N–H and O–H groups in total. The number of benzene rings is 2. The Morgan fingerprint density at radius 3 is 2.53 bits per heavy atom. The van der Waals surface area contributed by atoms with Crippen molar-refractivity contribution in [2.45, 2.75) is 31.8 Å². The average Bonchev–Trinajstić information content (AvgIpc) is 3.07. The molecule has 2 aromatic carbocycles. The summed E-state index contributed by atoms with van der Waals surface area (Å²) >= 11 is 0. The summed E-state index contributed by atoms with van der Waals surface area (Å²) in [5, 5.41) is 6.67. The molecule has 0 spiro atoms. The second-order valence-electron chi connectivity index (χ2n) is 12.0. The van der Waals surface area contributed by atoms with E-state index in [1.807, 2.05) is 81.8 Å². The second kappa shape index (κ2) is 13.1. The highest BCUT2D eigenvalue weighted by atomic mass is 16.2. The topological polar surface area (TPSA) is 110 Å². The first-order valence-corrected chi connectivity index (χ1v) is 15.6. The number of carbonyl (C=O) groups excluding carboxylic acids is 2. The Balaban J connectivity index is 1.18. The van der Waals surface area contributed by atoms with Gasteiger partial charge >= 0.3 is 0 Å². The summed E-state index contributed by atoms with van der Waals surface area (Å²) in [7, 11) is 5.88. The third-order valence-corrected chi connectivity index (χ3v) is 8.86. The number of piperidine rings is 1. The van der Waals surface area contributed by atoms with Crippen LogP contribution in [0.4, 0.5) is 23.1 Å². The number of nitrogens with one attached hydrogen (secondary N) is 2. The smallest absolute Gasteiger partial charge is 0.251 e. The third kappa shape index (κ3) is 6.53. The highest BCUT2D eigenvalue weighted by Crippen LogP contribution is 2.29. The van der Waals surface area contributed by atoms with E-state index in [0.29, 0.717) is 29.4 Å². The zero-order chi connectivity index (χ0) is 31.5. The van der Waals surface area contributed by atoms with Crippen molar-refractivity contribution in [2.24, 2.45) is 0 Å². The first-order valence-electron chi connectivity index (χ1n) is 15.6. The van der Waals surface area contributed by atoms with Crippen LogP contribution in [0.5, 0.6) is 0 Å². The van der Waals surface area contributed by atoms with Crippen LogP contribution in [0.1, 0.15) is 41.7 Å². The van der Waals surface area contributed by atoms with Crippen LogP contribution >= 0.6 is 0 Å². The maximum atomic E-state index is 13.1. The number of likely N-dealkylation sites (N-methyl/N-ethyl adjacent to an activating group) is 2. The van der Waals surface area contributed by atoms with Gasteiger partial charge in [0.2, 0.25) is 11.9 Å². The number of pyridine rings is 1. The van der Waals surface area contributed by atoms with Crippen LogP contribution < -0.4 is 20.4 Å². The van der Waals surface area contributed by atoms with Crippen molar-refractivity contribution in [3.8, 4) is 0 Å². The fourth-order valence-corrected chi connectivity index (χ4v) is 6.01. The van der Waals surface area contributed by atoms with Crippen LogP contribution in [-0.2, 0) is 4.79 Å². The highest BCUT2D eigenvalue weighted by molar-refractivity contribution is 5.95. The van der Waals surface area contributed by atoms with Crippen molar-refractivity contribution < 1.29 is 9.59 Å². The van der Waals surface area contributed by atoms with Crippen molar-refractivity contribution >= 4 is 46.0 Å². The lowest BCUT2D eigenvalue weighted by Gasteiger charge is -2.37. The molecule has 11 nitrogen and oxygen atoms in total. The number of nitrogens with zero attached hydrogens (tertiary/aromatic N) is 7. The molecule has 0 aliphatic carbocycles. The Kier molecular flexibility index (Phi) is 8.79. The number of anilines is 4. The fraction of sp³-hybridized carbons (Fsp3) is 0.382. The molecular formula is C34H41N9O2. The van der Waals surface area contributed by atoms with Crippen molar-refractivity contribution in [3.05, 3.63) is 78.0 Å². The van der Waals surface area contributed by atoms with E-state index in [1.165, 1.54) is 0 Å². The predicted octanol–water partition coefficient (Wildman–Crippen LogP) is 4.07.